The molecule has 0 saturated carbocycles. The summed E-state index contributed by atoms with van der Waals surface area (Å²) in [6, 6.07) is 7.77. The van der Waals surface area contributed by atoms with Gasteiger partial charge in [0.2, 0.25) is 5.95 Å². The second kappa shape index (κ2) is 5.54. The van der Waals surface area contributed by atoms with Crippen molar-refractivity contribution in [2.75, 3.05) is 11.9 Å². The number of aromatic nitrogens is 5. The summed E-state index contributed by atoms with van der Waals surface area (Å²) in [4.78, 5) is 8.73. The molecule has 0 radical (unpaired) electrons. The Hall–Kier alpha value is -2.02. The molecule has 20 heavy (non-hydrogen) atoms. The van der Waals surface area contributed by atoms with Crippen LogP contribution in [0.15, 0.2) is 34.9 Å². The van der Waals surface area contributed by atoms with Crippen molar-refractivity contribution in [1.29, 1.82) is 0 Å². The summed E-state index contributed by atoms with van der Waals surface area (Å²) in [6.07, 6.45) is 2.73. The van der Waals surface area contributed by atoms with E-state index < -0.39 is 0 Å². The standard InChI is InChI=1S/C13H13BrN6/c1-2-7-15-13-16-8-9(14)12(17-13)20-11-6-4-3-5-10(11)18-19-20/h3-6,8H,2,7H2,1H3,(H,15,16,17). The van der Waals surface area contributed by atoms with Crippen molar-refractivity contribution in [3.05, 3.63) is 34.9 Å². The topological polar surface area (TPSA) is 68.5 Å². The lowest BCUT2D eigenvalue weighted by atomic mass is 10.3. The summed E-state index contributed by atoms with van der Waals surface area (Å²) in [5.74, 6) is 1.26. The number of hydrogen-bond acceptors (Lipinski definition) is 5. The van der Waals surface area contributed by atoms with E-state index in [0.29, 0.717) is 11.8 Å². The second-order valence-corrected chi connectivity index (χ2v) is 5.14. The number of rotatable bonds is 4. The summed E-state index contributed by atoms with van der Waals surface area (Å²) in [7, 11) is 0. The highest BCUT2D eigenvalue weighted by atomic mass is 79.9. The zero-order valence-corrected chi connectivity index (χ0v) is 12.5. The fourth-order valence-corrected chi connectivity index (χ4v) is 2.21. The van der Waals surface area contributed by atoms with Crippen molar-refractivity contribution in [2.24, 2.45) is 0 Å². The normalized spacial score (nSPS) is 10.9. The molecule has 0 aliphatic carbocycles. The molecule has 1 N–H and O–H groups in total. The number of para-hydroxylation sites is 1. The molecule has 0 amide bonds. The Kier molecular flexibility index (Phi) is 3.60. The molecule has 3 rings (SSSR count). The highest BCUT2D eigenvalue weighted by Gasteiger charge is 2.12. The number of benzene rings is 1. The third-order valence-electron chi connectivity index (χ3n) is 2.81. The third-order valence-corrected chi connectivity index (χ3v) is 3.37. The minimum absolute atomic E-state index is 0.588. The molecule has 0 aliphatic rings. The number of anilines is 1. The van der Waals surface area contributed by atoms with Gasteiger partial charge in [-0.2, -0.15) is 9.67 Å². The Labute approximate surface area is 124 Å². The van der Waals surface area contributed by atoms with Gasteiger partial charge in [0.25, 0.3) is 0 Å². The Morgan fingerprint density at radius 1 is 1.30 bits per heavy atom. The van der Waals surface area contributed by atoms with Crippen LogP contribution < -0.4 is 5.32 Å². The third kappa shape index (κ3) is 2.36. The highest BCUT2D eigenvalue weighted by Crippen LogP contribution is 2.22. The monoisotopic (exact) mass is 332 g/mol. The van der Waals surface area contributed by atoms with Gasteiger partial charge in [-0.05, 0) is 34.5 Å². The van der Waals surface area contributed by atoms with E-state index in [2.05, 4.69) is 48.5 Å². The van der Waals surface area contributed by atoms with Crippen molar-refractivity contribution >= 4 is 32.9 Å². The van der Waals surface area contributed by atoms with Crippen molar-refractivity contribution < 1.29 is 0 Å². The second-order valence-electron chi connectivity index (χ2n) is 4.28. The predicted octanol–water partition coefficient (Wildman–Crippen LogP) is 2.79. The van der Waals surface area contributed by atoms with Crippen LogP contribution in [0.1, 0.15) is 13.3 Å². The van der Waals surface area contributed by atoms with E-state index in [4.69, 9.17) is 0 Å². The number of nitrogens with zero attached hydrogens (tertiary/aromatic N) is 5. The first-order chi connectivity index (χ1) is 9.79. The molecule has 6 nitrogen and oxygen atoms in total. The van der Waals surface area contributed by atoms with Crippen LogP contribution in [0, 0.1) is 0 Å². The molecule has 1 aromatic carbocycles. The van der Waals surface area contributed by atoms with Gasteiger partial charge in [0, 0.05) is 12.7 Å². The predicted molar refractivity (Wildman–Crippen MR) is 80.9 cm³/mol. The van der Waals surface area contributed by atoms with E-state index in [1.54, 1.807) is 10.9 Å². The number of fused-ring (bicyclic) bond motifs is 1. The molecule has 0 saturated heterocycles. The molecule has 3 aromatic rings. The lowest BCUT2D eigenvalue weighted by Gasteiger charge is -2.07. The zero-order chi connectivity index (χ0) is 13.9. The van der Waals surface area contributed by atoms with Crippen LogP contribution in [0.25, 0.3) is 16.9 Å². The van der Waals surface area contributed by atoms with Gasteiger partial charge in [0.05, 0.1) is 9.99 Å². The van der Waals surface area contributed by atoms with Crippen molar-refractivity contribution in [1.82, 2.24) is 25.0 Å². The molecule has 0 atom stereocenters. The molecule has 0 bridgehead atoms. The highest BCUT2D eigenvalue weighted by molar-refractivity contribution is 9.10. The average molecular weight is 333 g/mol. The van der Waals surface area contributed by atoms with Gasteiger partial charge >= 0.3 is 0 Å². The summed E-state index contributed by atoms with van der Waals surface area (Å²) in [6.45, 7) is 2.93. The van der Waals surface area contributed by atoms with Crippen molar-refractivity contribution in [3.8, 4) is 5.82 Å². The number of hydrogen-bond donors (Lipinski definition) is 1. The van der Waals surface area contributed by atoms with Crippen LogP contribution >= 0.6 is 15.9 Å². The van der Waals surface area contributed by atoms with E-state index in [1.165, 1.54) is 0 Å². The van der Waals surface area contributed by atoms with Gasteiger partial charge in [0.15, 0.2) is 5.82 Å². The van der Waals surface area contributed by atoms with Crippen LogP contribution in [0.2, 0.25) is 0 Å². The zero-order valence-electron chi connectivity index (χ0n) is 10.9. The fraction of sp³-hybridized carbons (Fsp3) is 0.231. The average Bonchev–Trinajstić information content (AvgIpc) is 2.90. The van der Waals surface area contributed by atoms with E-state index in [1.807, 2.05) is 24.3 Å². The molecule has 2 aromatic heterocycles. The number of nitrogens with one attached hydrogen (secondary N) is 1. The van der Waals surface area contributed by atoms with Crippen molar-refractivity contribution in [3.63, 3.8) is 0 Å². The quantitative estimate of drug-likeness (QED) is 0.795. The lowest BCUT2D eigenvalue weighted by molar-refractivity contribution is 0.792. The summed E-state index contributed by atoms with van der Waals surface area (Å²) < 4.78 is 2.48. The van der Waals surface area contributed by atoms with Crippen LogP contribution in [0.4, 0.5) is 5.95 Å². The first-order valence-corrected chi connectivity index (χ1v) is 7.16. The molecular formula is C13H13BrN6. The molecule has 0 fully saturated rings. The van der Waals surface area contributed by atoms with Gasteiger partial charge in [-0.3, -0.25) is 0 Å². The van der Waals surface area contributed by atoms with Crippen LogP contribution in [-0.2, 0) is 0 Å². The van der Waals surface area contributed by atoms with E-state index in [0.717, 1.165) is 28.5 Å². The summed E-state index contributed by atoms with van der Waals surface area (Å²) >= 11 is 3.46. The molecular weight excluding hydrogens is 320 g/mol. The Morgan fingerprint density at radius 3 is 3.00 bits per heavy atom. The first kappa shape index (κ1) is 13.0. The SMILES string of the molecule is CCCNc1ncc(Br)c(-n2nnc3ccccc32)n1. The molecule has 0 unspecified atom stereocenters. The summed E-state index contributed by atoms with van der Waals surface area (Å²) in [5.41, 5.74) is 1.74. The van der Waals surface area contributed by atoms with Crippen LogP contribution in [-0.4, -0.2) is 31.5 Å². The van der Waals surface area contributed by atoms with E-state index in [9.17, 15) is 0 Å². The Morgan fingerprint density at radius 2 is 2.15 bits per heavy atom. The molecule has 2 heterocycles. The van der Waals surface area contributed by atoms with Crippen molar-refractivity contribution in [2.45, 2.75) is 13.3 Å². The smallest absolute Gasteiger partial charge is 0.224 e. The maximum atomic E-state index is 4.49. The minimum atomic E-state index is 0.588. The maximum Gasteiger partial charge on any atom is 0.224 e. The van der Waals surface area contributed by atoms with Gasteiger partial charge in [-0.15, -0.1) is 5.10 Å². The van der Waals surface area contributed by atoms with Crippen LogP contribution in [0.3, 0.4) is 0 Å². The Bertz CT molecular complexity index is 739. The largest absolute Gasteiger partial charge is 0.354 e. The molecule has 0 aliphatic heterocycles. The number of halogens is 1. The van der Waals surface area contributed by atoms with Gasteiger partial charge in [0.1, 0.15) is 5.52 Å². The molecule has 0 spiro atoms. The van der Waals surface area contributed by atoms with Gasteiger partial charge in [-0.25, -0.2) is 4.98 Å². The minimum Gasteiger partial charge on any atom is -0.354 e. The molecule has 7 heteroatoms. The Balaban J connectivity index is 2.08. The van der Waals surface area contributed by atoms with Crippen LogP contribution in [0.5, 0.6) is 0 Å². The fourth-order valence-electron chi connectivity index (χ4n) is 1.85. The lowest BCUT2D eigenvalue weighted by Crippen LogP contribution is -2.08. The van der Waals surface area contributed by atoms with Gasteiger partial charge in [-0.1, -0.05) is 24.3 Å². The van der Waals surface area contributed by atoms with E-state index >= 15 is 0 Å². The first-order valence-electron chi connectivity index (χ1n) is 6.37. The molecule has 102 valence electrons. The van der Waals surface area contributed by atoms with Gasteiger partial charge < -0.3 is 5.32 Å². The maximum absolute atomic E-state index is 4.49. The van der Waals surface area contributed by atoms with E-state index in [-0.39, 0.29) is 0 Å². The summed E-state index contributed by atoms with van der Waals surface area (Å²) in [5, 5.41) is 11.5.